The molecule has 10 nitrogen and oxygen atoms in total. The zero-order valence-electron chi connectivity index (χ0n) is 21.9. The van der Waals surface area contributed by atoms with Gasteiger partial charge < -0.3 is 19.7 Å². The number of rotatable bonds is 8. The van der Waals surface area contributed by atoms with Gasteiger partial charge in [0.1, 0.15) is 40.0 Å². The molecule has 5 aromatic rings. The first-order valence-electron chi connectivity index (χ1n) is 13.1. The van der Waals surface area contributed by atoms with Crippen molar-refractivity contribution in [2.45, 2.75) is 12.5 Å². The Hall–Kier alpha value is -5.69. The Labute approximate surface area is 235 Å². The number of aromatic nitrogens is 4. The fourth-order valence-corrected chi connectivity index (χ4v) is 4.62. The van der Waals surface area contributed by atoms with E-state index in [4.69, 9.17) is 9.47 Å². The number of likely N-dealkylation sites (tertiary alicyclic amines) is 1. The van der Waals surface area contributed by atoms with Crippen molar-refractivity contribution >= 4 is 28.8 Å². The van der Waals surface area contributed by atoms with Crippen LogP contribution < -0.4 is 14.8 Å². The summed E-state index contributed by atoms with van der Waals surface area (Å²) in [6.07, 6.45) is 5.49. The summed E-state index contributed by atoms with van der Waals surface area (Å²) in [5, 5.41) is 21.1. The van der Waals surface area contributed by atoms with E-state index in [1.165, 1.54) is 6.08 Å². The molecule has 1 atom stereocenters. The molecular weight excluding hydrogens is 518 g/mol. The third-order valence-corrected chi connectivity index (χ3v) is 6.60. The van der Waals surface area contributed by atoms with Gasteiger partial charge in [0, 0.05) is 37.6 Å². The summed E-state index contributed by atoms with van der Waals surface area (Å²) in [4.78, 5) is 23.3. The minimum atomic E-state index is -0.320. The zero-order chi connectivity index (χ0) is 28.0. The van der Waals surface area contributed by atoms with Gasteiger partial charge in [-0.05, 0) is 61.0 Å². The standard InChI is InChI=1S/C31H25N7O3/c32-19-21(18-22-6-4-5-15-33-22)31(39)38-17-14-23(20-38)35-30-28-27(13-16-34-29(28)36-37-30)41-26-11-9-25(10-12-26)40-24-7-2-1-3-8-24/h1-13,15-16,18,23H,14,17,20H2,(H2,34,35,36,37)/b21-18-. The average molecular weight is 544 g/mol. The Morgan fingerprint density at radius 3 is 2.46 bits per heavy atom. The molecule has 1 saturated heterocycles. The molecule has 1 aliphatic rings. The summed E-state index contributed by atoms with van der Waals surface area (Å²) in [7, 11) is 0. The molecule has 0 spiro atoms. The molecule has 41 heavy (non-hydrogen) atoms. The number of nitrogens with one attached hydrogen (secondary N) is 2. The second-order valence-electron chi connectivity index (χ2n) is 9.40. The van der Waals surface area contributed by atoms with Gasteiger partial charge in [-0.2, -0.15) is 10.4 Å². The molecule has 0 aliphatic carbocycles. The minimum absolute atomic E-state index is 0.0506. The maximum atomic E-state index is 13.0. The molecule has 2 N–H and O–H groups in total. The Bertz CT molecular complexity index is 1730. The third-order valence-electron chi connectivity index (χ3n) is 6.60. The number of carbonyl (C=O) groups is 1. The number of hydrogen-bond donors (Lipinski definition) is 2. The number of amides is 1. The highest BCUT2D eigenvalue weighted by Crippen LogP contribution is 2.34. The van der Waals surface area contributed by atoms with Crippen LogP contribution in [-0.2, 0) is 4.79 Å². The van der Waals surface area contributed by atoms with Crippen LogP contribution in [0.25, 0.3) is 17.1 Å². The van der Waals surface area contributed by atoms with Gasteiger partial charge in [-0.25, -0.2) is 4.98 Å². The first-order chi connectivity index (χ1) is 20.2. The molecule has 2 aromatic carbocycles. The highest BCUT2D eigenvalue weighted by molar-refractivity contribution is 6.01. The van der Waals surface area contributed by atoms with Gasteiger partial charge in [0.15, 0.2) is 11.5 Å². The van der Waals surface area contributed by atoms with Gasteiger partial charge >= 0.3 is 0 Å². The van der Waals surface area contributed by atoms with Crippen molar-refractivity contribution in [3.63, 3.8) is 0 Å². The number of pyridine rings is 2. The van der Waals surface area contributed by atoms with Crippen LogP contribution in [0.3, 0.4) is 0 Å². The Morgan fingerprint density at radius 1 is 0.951 bits per heavy atom. The minimum Gasteiger partial charge on any atom is -0.457 e. The summed E-state index contributed by atoms with van der Waals surface area (Å²) < 4.78 is 12.1. The van der Waals surface area contributed by atoms with Crippen molar-refractivity contribution in [3.8, 4) is 29.1 Å². The van der Waals surface area contributed by atoms with E-state index in [-0.39, 0.29) is 17.5 Å². The second kappa shape index (κ2) is 11.6. The van der Waals surface area contributed by atoms with Crippen molar-refractivity contribution in [3.05, 3.63) is 103 Å². The normalized spacial score (nSPS) is 15.0. The molecule has 202 valence electrons. The largest absolute Gasteiger partial charge is 0.457 e. The third kappa shape index (κ3) is 5.84. The van der Waals surface area contributed by atoms with Crippen LogP contribution in [0.4, 0.5) is 5.82 Å². The lowest BCUT2D eigenvalue weighted by Gasteiger charge is -2.17. The number of ether oxygens (including phenoxy) is 2. The molecule has 1 aliphatic heterocycles. The van der Waals surface area contributed by atoms with E-state index in [1.807, 2.05) is 66.7 Å². The van der Waals surface area contributed by atoms with Crippen molar-refractivity contribution in [1.29, 1.82) is 5.26 Å². The fraction of sp³-hybridized carbons (Fsp3) is 0.129. The van der Waals surface area contributed by atoms with Crippen LogP contribution in [0.1, 0.15) is 12.1 Å². The van der Waals surface area contributed by atoms with Gasteiger partial charge in [-0.15, -0.1) is 0 Å². The predicted molar refractivity (Wildman–Crippen MR) is 153 cm³/mol. The van der Waals surface area contributed by atoms with E-state index < -0.39 is 0 Å². The van der Waals surface area contributed by atoms with Crippen LogP contribution in [-0.4, -0.2) is 50.1 Å². The molecule has 0 saturated carbocycles. The molecule has 1 unspecified atom stereocenters. The summed E-state index contributed by atoms with van der Waals surface area (Å²) in [5.41, 5.74) is 1.19. The van der Waals surface area contributed by atoms with Crippen LogP contribution in [0.5, 0.6) is 23.0 Å². The molecule has 3 aromatic heterocycles. The predicted octanol–water partition coefficient (Wildman–Crippen LogP) is 5.56. The second-order valence-corrected chi connectivity index (χ2v) is 9.40. The Morgan fingerprint density at radius 2 is 1.71 bits per heavy atom. The molecular formula is C31H25N7O3. The number of nitrogens with zero attached hydrogens (tertiary/aromatic N) is 5. The number of nitriles is 1. The van der Waals surface area contributed by atoms with E-state index in [0.717, 1.165) is 5.75 Å². The lowest BCUT2D eigenvalue weighted by molar-refractivity contribution is -0.125. The quantitative estimate of drug-likeness (QED) is 0.192. The smallest absolute Gasteiger partial charge is 0.264 e. The van der Waals surface area contributed by atoms with Crippen LogP contribution in [0.2, 0.25) is 0 Å². The van der Waals surface area contributed by atoms with E-state index in [0.29, 0.717) is 59.3 Å². The summed E-state index contributed by atoms with van der Waals surface area (Å²) in [5.74, 6) is 2.93. The van der Waals surface area contributed by atoms with Crippen LogP contribution >= 0.6 is 0 Å². The lowest BCUT2D eigenvalue weighted by Crippen LogP contribution is -2.32. The van der Waals surface area contributed by atoms with E-state index in [2.05, 4.69) is 25.5 Å². The number of para-hydroxylation sites is 1. The Balaban J connectivity index is 1.14. The van der Waals surface area contributed by atoms with E-state index in [1.54, 1.807) is 35.5 Å². The highest BCUT2D eigenvalue weighted by atomic mass is 16.5. The molecule has 10 heteroatoms. The van der Waals surface area contributed by atoms with Crippen LogP contribution in [0.15, 0.2) is 96.8 Å². The van der Waals surface area contributed by atoms with Crippen molar-refractivity contribution in [2.75, 3.05) is 18.4 Å². The molecule has 0 radical (unpaired) electrons. The summed E-state index contributed by atoms with van der Waals surface area (Å²) >= 11 is 0. The van der Waals surface area contributed by atoms with Gasteiger partial charge in [-0.3, -0.25) is 14.9 Å². The van der Waals surface area contributed by atoms with Crippen molar-refractivity contribution in [1.82, 2.24) is 25.1 Å². The van der Waals surface area contributed by atoms with Gasteiger partial charge in [-0.1, -0.05) is 24.3 Å². The monoisotopic (exact) mass is 543 g/mol. The molecule has 1 fully saturated rings. The number of aromatic amines is 1. The maximum absolute atomic E-state index is 13.0. The SMILES string of the molecule is N#C/C(=C/c1ccccn1)C(=O)N1CCC(Nc2n[nH]c3nccc(Oc4ccc(Oc5ccccc5)cc4)c23)C1. The zero-order valence-corrected chi connectivity index (χ0v) is 21.9. The fourth-order valence-electron chi connectivity index (χ4n) is 4.62. The number of carbonyl (C=O) groups excluding carboxylic acids is 1. The maximum Gasteiger partial charge on any atom is 0.264 e. The summed E-state index contributed by atoms with van der Waals surface area (Å²) in [6, 6.07) is 26.0. The topological polar surface area (TPSA) is 129 Å². The lowest BCUT2D eigenvalue weighted by atomic mass is 10.2. The number of H-pyrrole nitrogens is 1. The molecule has 1 amide bonds. The number of fused-ring (bicyclic) bond motifs is 1. The molecule has 6 rings (SSSR count). The van der Waals surface area contributed by atoms with E-state index >= 15 is 0 Å². The number of benzene rings is 2. The first kappa shape index (κ1) is 25.6. The number of hydrogen-bond acceptors (Lipinski definition) is 8. The molecule has 0 bridgehead atoms. The van der Waals surface area contributed by atoms with Gasteiger partial charge in [0.05, 0.1) is 5.69 Å². The van der Waals surface area contributed by atoms with E-state index in [9.17, 15) is 10.1 Å². The van der Waals surface area contributed by atoms with Crippen LogP contribution in [0, 0.1) is 11.3 Å². The van der Waals surface area contributed by atoms with Gasteiger partial charge in [0.2, 0.25) is 0 Å². The Kier molecular flexibility index (Phi) is 7.23. The number of anilines is 1. The van der Waals surface area contributed by atoms with Gasteiger partial charge in [0.25, 0.3) is 5.91 Å². The highest BCUT2D eigenvalue weighted by Gasteiger charge is 2.29. The first-order valence-corrected chi connectivity index (χ1v) is 13.1. The average Bonchev–Trinajstić information content (AvgIpc) is 3.66. The molecule has 4 heterocycles. The van der Waals surface area contributed by atoms with Crippen molar-refractivity contribution in [2.24, 2.45) is 0 Å². The summed E-state index contributed by atoms with van der Waals surface area (Å²) in [6.45, 7) is 0.937. The van der Waals surface area contributed by atoms with Crippen molar-refractivity contribution < 1.29 is 14.3 Å².